The maximum Gasteiger partial charge on any atom is 0.262 e. The fourth-order valence-electron chi connectivity index (χ4n) is 2.52. The molecular weight excluding hydrogens is 424 g/mol. The molecule has 28 heavy (non-hydrogen) atoms. The fraction of sp³-hybridized carbons (Fsp3) is 0.263. The summed E-state index contributed by atoms with van der Waals surface area (Å²) < 4.78 is 8.32. The highest BCUT2D eigenvalue weighted by Gasteiger charge is 2.10. The summed E-state index contributed by atoms with van der Waals surface area (Å²) in [6.07, 6.45) is 0. The summed E-state index contributed by atoms with van der Waals surface area (Å²) in [5.74, 6) is 0.969. The number of benzene rings is 2. The van der Waals surface area contributed by atoms with Crippen LogP contribution in [0.2, 0.25) is 0 Å². The Balaban J connectivity index is 1.61. The Morgan fingerprint density at radius 3 is 2.75 bits per heavy atom. The van der Waals surface area contributed by atoms with Crippen LogP contribution in [-0.2, 0) is 17.9 Å². The first-order valence-electron chi connectivity index (χ1n) is 8.83. The van der Waals surface area contributed by atoms with Crippen LogP contribution in [0.5, 0.6) is 5.75 Å². The maximum atomic E-state index is 12.2. The quantitative estimate of drug-likeness (QED) is 0.552. The minimum Gasteiger partial charge on any atom is -0.483 e. The van der Waals surface area contributed by atoms with Crippen molar-refractivity contribution in [1.82, 2.24) is 20.2 Å². The third kappa shape index (κ3) is 5.29. The fourth-order valence-corrected chi connectivity index (χ4v) is 2.93. The van der Waals surface area contributed by atoms with Crippen molar-refractivity contribution in [2.24, 2.45) is 0 Å². The van der Waals surface area contributed by atoms with E-state index in [0.717, 1.165) is 21.3 Å². The van der Waals surface area contributed by atoms with E-state index in [4.69, 9.17) is 4.74 Å². The Hall–Kier alpha value is -2.94. The SMILES string of the molecule is CCn1nnnc1NCc1cc(Br)ccc1OCC(=O)Nc1ccc(C)cc1. The first-order valence-corrected chi connectivity index (χ1v) is 9.62. The molecule has 0 saturated carbocycles. The summed E-state index contributed by atoms with van der Waals surface area (Å²) in [5, 5.41) is 17.5. The smallest absolute Gasteiger partial charge is 0.262 e. The van der Waals surface area contributed by atoms with Crippen LogP contribution in [0.15, 0.2) is 46.9 Å². The largest absolute Gasteiger partial charge is 0.483 e. The van der Waals surface area contributed by atoms with Crippen molar-refractivity contribution >= 4 is 33.5 Å². The monoisotopic (exact) mass is 444 g/mol. The van der Waals surface area contributed by atoms with Gasteiger partial charge in [0.25, 0.3) is 5.91 Å². The molecule has 0 aliphatic carbocycles. The van der Waals surface area contributed by atoms with E-state index < -0.39 is 0 Å². The van der Waals surface area contributed by atoms with Gasteiger partial charge in [0.05, 0.1) is 0 Å². The van der Waals surface area contributed by atoms with Gasteiger partial charge in [0, 0.05) is 28.8 Å². The second-order valence-corrected chi connectivity index (χ2v) is 7.04. The third-order valence-electron chi connectivity index (χ3n) is 3.99. The molecule has 2 aromatic carbocycles. The number of carbonyl (C=O) groups excluding carboxylic acids is 1. The molecule has 0 fully saturated rings. The number of amides is 1. The van der Waals surface area contributed by atoms with Crippen LogP contribution >= 0.6 is 15.9 Å². The molecule has 1 aromatic heterocycles. The summed E-state index contributed by atoms with van der Waals surface area (Å²) in [4.78, 5) is 12.2. The number of nitrogens with one attached hydrogen (secondary N) is 2. The average molecular weight is 445 g/mol. The van der Waals surface area contributed by atoms with Crippen molar-refractivity contribution in [2.75, 3.05) is 17.2 Å². The van der Waals surface area contributed by atoms with Gasteiger partial charge < -0.3 is 15.4 Å². The lowest BCUT2D eigenvalue weighted by atomic mass is 10.2. The minimum atomic E-state index is -0.222. The number of halogens is 1. The van der Waals surface area contributed by atoms with Gasteiger partial charge in [-0.05, 0) is 54.6 Å². The number of carbonyl (C=O) groups is 1. The second-order valence-electron chi connectivity index (χ2n) is 6.13. The normalized spacial score (nSPS) is 10.5. The van der Waals surface area contributed by atoms with E-state index in [2.05, 4.69) is 42.1 Å². The van der Waals surface area contributed by atoms with E-state index in [9.17, 15) is 4.79 Å². The van der Waals surface area contributed by atoms with E-state index in [1.54, 1.807) is 4.68 Å². The zero-order chi connectivity index (χ0) is 19.9. The van der Waals surface area contributed by atoms with E-state index in [1.165, 1.54) is 0 Å². The van der Waals surface area contributed by atoms with Crippen molar-refractivity contribution in [2.45, 2.75) is 26.9 Å². The molecular formula is C19H21BrN6O2. The first-order chi connectivity index (χ1) is 13.5. The lowest BCUT2D eigenvalue weighted by Gasteiger charge is -2.13. The zero-order valence-electron chi connectivity index (χ0n) is 15.6. The van der Waals surface area contributed by atoms with Crippen molar-refractivity contribution in [3.05, 3.63) is 58.1 Å². The second kappa shape index (κ2) is 9.32. The number of ether oxygens (including phenoxy) is 1. The highest BCUT2D eigenvalue weighted by molar-refractivity contribution is 9.10. The van der Waals surface area contributed by atoms with Crippen molar-refractivity contribution in [3.8, 4) is 5.75 Å². The molecule has 0 unspecified atom stereocenters. The Bertz CT molecular complexity index is 942. The number of aromatic nitrogens is 4. The number of rotatable bonds is 8. The molecule has 0 saturated heterocycles. The topological polar surface area (TPSA) is 94.0 Å². The molecule has 0 spiro atoms. The van der Waals surface area contributed by atoms with Crippen LogP contribution in [0, 0.1) is 6.92 Å². The van der Waals surface area contributed by atoms with E-state index in [1.807, 2.05) is 56.3 Å². The number of hydrogen-bond donors (Lipinski definition) is 2. The Labute approximate surface area is 171 Å². The van der Waals surface area contributed by atoms with Gasteiger partial charge in [-0.15, -0.1) is 0 Å². The molecule has 146 valence electrons. The molecule has 9 heteroatoms. The lowest BCUT2D eigenvalue weighted by molar-refractivity contribution is -0.118. The predicted molar refractivity (Wildman–Crippen MR) is 110 cm³/mol. The number of tetrazole rings is 1. The third-order valence-corrected chi connectivity index (χ3v) is 4.48. The van der Waals surface area contributed by atoms with Gasteiger partial charge in [-0.1, -0.05) is 38.7 Å². The van der Waals surface area contributed by atoms with Gasteiger partial charge in [-0.25, -0.2) is 4.68 Å². The average Bonchev–Trinajstić information content (AvgIpc) is 3.15. The standard InChI is InChI=1S/C19H21BrN6O2/c1-3-26-19(23-24-25-26)21-11-14-10-15(20)6-9-17(14)28-12-18(27)22-16-7-4-13(2)5-8-16/h4-10H,3,11-12H2,1-2H3,(H,22,27)(H,21,23,25). The summed E-state index contributed by atoms with van der Waals surface area (Å²) in [6.45, 7) is 4.99. The molecule has 0 atom stereocenters. The summed E-state index contributed by atoms with van der Waals surface area (Å²) in [7, 11) is 0. The van der Waals surface area contributed by atoms with E-state index in [-0.39, 0.29) is 12.5 Å². The zero-order valence-corrected chi connectivity index (χ0v) is 17.2. The molecule has 0 aliphatic rings. The summed E-state index contributed by atoms with van der Waals surface area (Å²) in [6, 6.07) is 13.2. The van der Waals surface area contributed by atoms with E-state index >= 15 is 0 Å². The van der Waals surface area contributed by atoms with Gasteiger partial charge in [-0.2, -0.15) is 0 Å². The van der Waals surface area contributed by atoms with Gasteiger partial charge in [0.1, 0.15) is 5.75 Å². The molecule has 3 rings (SSSR count). The molecule has 1 amide bonds. The molecule has 0 bridgehead atoms. The van der Waals surface area contributed by atoms with Crippen molar-refractivity contribution in [3.63, 3.8) is 0 Å². The van der Waals surface area contributed by atoms with Crippen LogP contribution in [0.25, 0.3) is 0 Å². The van der Waals surface area contributed by atoms with Crippen LogP contribution in [0.4, 0.5) is 11.6 Å². The highest BCUT2D eigenvalue weighted by Crippen LogP contribution is 2.24. The summed E-state index contributed by atoms with van der Waals surface area (Å²) >= 11 is 3.47. The molecule has 3 aromatic rings. The van der Waals surface area contributed by atoms with Crippen LogP contribution in [-0.4, -0.2) is 32.7 Å². The van der Waals surface area contributed by atoms with Gasteiger partial charge in [0.2, 0.25) is 5.95 Å². The molecule has 0 radical (unpaired) electrons. The highest BCUT2D eigenvalue weighted by atomic mass is 79.9. The van der Waals surface area contributed by atoms with Crippen LogP contribution in [0.3, 0.4) is 0 Å². The number of anilines is 2. The Morgan fingerprint density at radius 2 is 2.00 bits per heavy atom. The van der Waals surface area contributed by atoms with Gasteiger partial charge >= 0.3 is 0 Å². The predicted octanol–water partition coefficient (Wildman–Crippen LogP) is 3.39. The molecule has 2 N–H and O–H groups in total. The lowest BCUT2D eigenvalue weighted by Crippen LogP contribution is -2.20. The molecule has 0 aliphatic heterocycles. The van der Waals surface area contributed by atoms with Crippen molar-refractivity contribution in [1.29, 1.82) is 0 Å². The number of aryl methyl sites for hydroxylation is 2. The minimum absolute atomic E-state index is 0.0881. The first kappa shape index (κ1) is 19.8. The number of nitrogens with zero attached hydrogens (tertiary/aromatic N) is 4. The Kier molecular flexibility index (Phi) is 6.59. The van der Waals surface area contributed by atoms with Crippen LogP contribution < -0.4 is 15.4 Å². The van der Waals surface area contributed by atoms with Crippen molar-refractivity contribution < 1.29 is 9.53 Å². The van der Waals surface area contributed by atoms with Gasteiger partial charge in [-0.3, -0.25) is 4.79 Å². The molecule has 8 nitrogen and oxygen atoms in total. The maximum absolute atomic E-state index is 12.2. The number of hydrogen-bond acceptors (Lipinski definition) is 6. The molecule has 1 heterocycles. The van der Waals surface area contributed by atoms with E-state index in [0.29, 0.717) is 24.8 Å². The van der Waals surface area contributed by atoms with Gasteiger partial charge in [0.15, 0.2) is 6.61 Å². The summed E-state index contributed by atoms with van der Waals surface area (Å²) in [5.41, 5.74) is 2.75. The van der Waals surface area contributed by atoms with Crippen LogP contribution in [0.1, 0.15) is 18.1 Å². The Morgan fingerprint density at radius 1 is 1.21 bits per heavy atom.